The number of anilines is 1. The largest absolute Gasteiger partial charge is 0.349 e. The Kier molecular flexibility index (Phi) is 6.56. The van der Waals surface area contributed by atoms with Gasteiger partial charge >= 0.3 is 0 Å². The molecule has 0 unspecified atom stereocenters. The number of hydrogen-bond acceptors (Lipinski definition) is 4. The van der Waals surface area contributed by atoms with Crippen LogP contribution in [-0.4, -0.2) is 22.6 Å². The lowest BCUT2D eigenvalue weighted by atomic mass is 10.1. The molecule has 1 aliphatic heterocycles. The van der Waals surface area contributed by atoms with Crippen molar-refractivity contribution in [2.24, 2.45) is 0 Å². The summed E-state index contributed by atoms with van der Waals surface area (Å²) in [5.41, 5.74) is 3.56. The molecule has 3 aromatic rings. The number of halogens is 1. The van der Waals surface area contributed by atoms with Crippen molar-refractivity contribution in [1.82, 2.24) is 10.2 Å². The highest BCUT2D eigenvalue weighted by Gasteiger charge is 2.38. The number of rotatable bonds is 7. The summed E-state index contributed by atoms with van der Waals surface area (Å²) in [7, 11) is 0. The van der Waals surface area contributed by atoms with Crippen LogP contribution >= 0.6 is 11.6 Å². The second kappa shape index (κ2) is 9.71. The van der Waals surface area contributed by atoms with Crippen molar-refractivity contribution in [3.63, 3.8) is 0 Å². The van der Waals surface area contributed by atoms with E-state index in [1.165, 1.54) is 0 Å². The zero-order valence-electron chi connectivity index (χ0n) is 18.0. The van der Waals surface area contributed by atoms with Crippen molar-refractivity contribution in [2.75, 3.05) is 5.32 Å². The number of aryl methyl sites for hydroxylation is 1. The molecule has 1 aliphatic rings. The highest BCUT2D eigenvalue weighted by atomic mass is 35.5. The van der Waals surface area contributed by atoms with Crippen LogP contribution in [0.4, 0.5) is 5.69 Å². The number of nitrogens with zero attached hydrogens (tertiary/aromatic N) is 1. The normalized spacial score (nSPS) is 13.5. The van der Waals surface area contributed by atoms with E-state index in [0.717, 1.165) is 21.6 Å². The highest BCUT2D eigenvalue weighted by Crippen LogP contribution is 2.28. The molecule has 1 heterocycles. The topological polar surface area (TPSA) is 78.5 Å². The van der Waals surface area contributed by atoms with Crippen molar-refractivity contribution in [1.29, 1.82) is 0 Å². The van der Waals surface area contributed by atoms with Gasteiger partial charge in [0, 0.05) is 17.8 Å². The second-order valence-electron chi connectivity index (χ2n) is 7.69. The van der Waals surface area contributed by atoms with Crippen molar-refractivity contribution >= 4 is 35.0 Å². The third-order valence-electron chi connectivity index (χ3n) is 5.35. The zero-order chi connectivity index (χ0) is 23.4. The third kappa shape index (κ3) is 4.96. The molecule has 0 fully saturated rings. The first-order valence-electron chi connectivity index (χ1n) is 10.4. The van der Waals surface area contributed by atoms with Gasteiger partial charge in [-0.3, -0.25) is 19.3 Å². The first kappa shape index (κ1) is 22.3. The van der Waals surface area contributed by atoms with E-state index in [9.17, 15) is 14.4 Å². The number of hydrogen-bond donors (Lipinski definition) is 2. The average Bonchev–Trinajstić information content (AvgIpc) is 3.03. The van der Waals surface area contributed by atoms with Crippen LogP contribution in [0.15, 0.2) is 89.6 Å². The molecule has 0 radical (unpaired) electrons. The molecule has 0 bridgehead atoms. The number of benzene rings is 3. The third-order valence-corrected chi connectivity index (χ3v) is 5.70. The summed E-state index contributed by atoms with van der Waals surface area (Å²) in [6.45, 7) is 2.36. The minimum absolute atomic E-state index is 0.00235. The van der Waals surface area contributed by atoms with E-state index >= 15 is 0 Å². The Hall–Kier alpha value is -3.90. The van der Waals surface area contributed by atoms with Crippen molar-refractivity contribution in [3.05, 3.63) is 112 Å². The summed E-state index contributed by atoms with van der Waals surface area (Å²) in [5.74, 6) is -1.31. The molecule has 33 heavy (non-hydrogen) atoms. The lowest BCUT2D eigenvalue weighted by molar-refractivity contribution is -0.138. The van der Waals surface area contributed by atoms with Crippen LogP contribution in [0.25, 0.3) is 0 Å². The highest BCUT2D eigenvalue weighted by molar-refractivity contribution is 6.48. The molecule has 0 saturated heterocycles. The molecule has 0 saturated carbocycles. The average molecular weight is 460 g/mol. The molecule has 0 aromatic heterocycles. The molecule has 3 aromatic carbocycles. The molecular weight excluding hydrogens is 438 g/mol. The van der Waals surface area contributed by atoms with Crippen LogP contribution in [-0.2, 0) is 22.7 Å². The van der Waals surface area contributed by atoms with Gasteiger partial charge in [-0.05, 0) is 35.7 Å². The Bertz CT molecular complexity index is 1240. The SMILES string of the molecule is Cc1ccc(C(=O)NCc2ccccc2)cc1NC1=C(Cl)C(=O)N(Cc2ccccc2)C1=O. The van der Waals surface area contributed by atoms with Crippen LogP contribution in [0, 0.1) is 6.92 Å². The molecule has 4 rings (SSSR count). The van der Waals surface area contributed by atoms with E-state index < -0.39 is 11.8 Å². The molecule has 7 heteroatoms. The first-order chi connectivity index (χ1) is 15.9. The quantitative estimate of drug-likeness (QED) is 0.515. The monoisotopic (exact) mass is 459 g/mol. The summed E-state index contributed by atoms with van der Waals surface area (Å²) in [6.07, 6.45) is 0. The zero-order valence-corrected chi connectivity index (χ0v) is 18.7. The fourth-order valence-electron chi connectivity index (χ4n) is 3.48. The minimum atomic E-state index is -0.553. The van der Waals surface area contributed by atoms with E-state index in [1.807, 2.05) is 67.6 Å². The van der Waals surface area contributed by atoms with Crippen molar-refractivity contribution in [2.45, 2.75) is 20.0 Å². The molecule has 3 amide bonds. The summed E-state index contributed by atoms with van der Waals surface area (Å²) < 4.78 is 0. The predicted molar refractivity (Wildman–Crippen MR) is 127 cm³/mol. The molecule has 166 valence electrons. The Morgan fingerprint density at radius 3 is 2.18 bits per heavy atom. The Morgan fingerprint density at radius 2 is 1.52 bits per heavy atom. The van der Waals surface area contributed by atoms with Gasteiger partial charge in [-0.15, -0.1) is 0 Å². The molecule has 0 spiro atoms. The fraction of sp³-hybridized carbons (Fsp3) is 0.115. The minimum Gasteiger partial charge on any atom is -0.349 e. The van der Waals surface area contributed by atoms with Gasteiger partial charge in [-0.1, -0.05) is 78.3 Å². The molecule has 0 atom stereocenters. The van der Waals surface area contributed by atoms with Crippen LogP contribution in [0.5, 0.6) is 0 Å². The second-order valence-corrected chi connectivity index (χ2v) is 8.07. The Labute approximate surface area is 196 Å². The number of carbonyl (C=O) groups is 3. The molecule has 2 N–H and O–H groups in total. The smallest absolute Gasteiger partial charge is 0.279 e. The van der Waals surface area contributed by atoms with Crippen LogP contribution in [0.2, 0.25) is 0 Å². The summed E-state index contributed by atoms with van der Waals surface area (Å²) in [5, 5.41) is 5.69. The maximum atomic E-state index is 12.9. The van der Waals surface area contributed by atoms with Gasteiger partial charge in [0.2, 0.25) is 0 Å². The van der Waals surface area contributed by atoms with E-state index in [-0.39, 0.29) is 23.2 Å². The van der Waals surface area contributed by atoms with Gasteiger partial charge in [0.25, 0.3) is 17.7 Å². The summed E-state index contributed by atoms with van der Waals surface area (Å²) in [4.78, 5) is 39.3. The Balaban J connectivity index is 1.49. The lowest BCUT2D eigenvalue weighted by Crippen LogP contribution is -2.31. The molecular formula is C26H22ClN3O3. The van der Waals surface area contributed by atoms with E-state index in [1.54, 1.807) is 18.2 Å². The van der Waals surface area contributed by atoms with Crippen LogP contribution in [0.1, 0.15) is 27.0 Å². The van der Waals surface area contributed by atoms with Crippen LogP contribution < -0.4 is 10.6 Å². The van der Waals surface area contributed by atoms with E-state index in [4.69, 9.17) is 11.6 Å². The van der Waals surface area contributed by atoms with Gasteiger partial charge in [0.1, 0.15) is 10.7 Å². The van der Waals surface area contributed by atoms with Gasteiger partial charge in [-0.25, -0.2) is 0 Å². The number of carbonyl (C=O) groups excluding carboxylic acids is 3. The molecule has 0 aliphatic carbocycles. The number of nitrogens with one attached hydrogen (secondary N) is 2. The van der Waals surface area contributed by atoms with Gasteiger partial charge in [0.15, 0.2) is 0 Å². The van der Waals surface area contributed by atoms with Crippen molar-refractivity contribution in [3.8, 4) is 0 Å². The van der Waals surface area contributed by atoms with Crippen LogP contribution in [0.3, 0.4) is 0 Å². The lowest BCUT2D eigenvalue weighted by Gasteiger charge is -2.16. The van der Waals surface area contributed by atoms with Gasteiger partial charge in [0.05, 0.1) is 6.54 Å². The maximum Gasteiger partial charge on any atom is 0.279 e. The number of imide groups is 1. The summed E-state index contributed by atoms with van der Waals surface area (Å²) >= 11 is 6.23. The van der Waals surface area contributed by atoms with Gasteiger partial charge in [-0.2, -0.15) is 0 Å². The molecule has 6 nitrogen and oxygen atoms in total. The standard InChI is InChI=1S/C26H22ClN3O3/c1-17-12-13-20(24(31)28-15-18-8-4-2-5-9-18)14-21(17)29-23-22(27)25(32)30(26(23)33)16-19-10-6-3-7-11-19/h2-14,29H,15-16H2,1H3,(H,28,31). The maximum absolute atomic E-state index is 12.9. The van der Waals surface area contributed by atoms with E-state index in [0.29, 0.717) is 17.8 Å². The Morgan fingerprint density at radius 1 is 0.879 bits per heavy atom. The van der Waals surface area contributed by atoms with Crippen molar-refractivity contribution < 1.29 is 14.4 Å². The fourth-order valence-corrected chi connectivity index (χ4v) is 3.71. The van der Waals surface area contributed by atoms with Gasteiger partial charge < -0.3 is 10.6 Å². The first-order valence-corrected chi connectivity index (χ1v) is 10.8. The number of amides is 3. The van der Waals surface area contributed by atoms with E-state index in [2.05, 4.69) is 10.6 Å². The summed E-state index contributed by atoms with van der Waals surface area (Å²) in [6, 6.07) is 23.9. The predicted octanol–water partition coefficient (Wildman–Crippen LogP) is 4.36.